The second-order valence-corrected chi connectivity index (χ2v) is 9.20. The number of nitrogens with one attached hydrogen (secondary N) is 1. The molecule has 1 fully saturated rings. The summed E-state index contributed by atoms with van der Waals surface area (Å²) in [5.41, 5.74) is 5.74. The maximum Gasteiger partial charge on any atom is 0.244 e. The third-order valence-corrected chi connectivity index (χ3v) is 6.73. The number of piperidine rings is 1. The van der Waals surface area contributed by atoms with Crippen LogP contribution in [0.5, 0.6) is 0 Å². The van der Waals surface area contributed by atoms with E-state index in [0.29, 0.717) is 6.54 Å². The molecular weight excluding hydrogens is 432 g/mol. The average molecular weight is 465 g/mol. The fourth-order valence-corrected chi connectivity index (χ4v) is 4.79. The molecule has 2 aromatic carbocycles. The van der Waals surface area contributed by atoms with Gasteiger partial charge < -0.3 is 14.8 Å². The number of hydrogen-bond acceptors (Lipinski definition) is 3. The van der Waals surface area contributed by atoms with Crippen LogP contribution in [0.3, 0.4) is 0 Å². The monoisotopic (exact) mass is 464 g/mol. The highest BCUT2D eigenvalue weighted by Crippen LogP contribution is 2.26. The summed E-state index contributed by atoms with van der Waals surface area (Å²) >= 11 is 0. The Kier molecular flexibility index (Phi) is 7.35. The van der Waals surface area contributed by atoms with Gasteiger partial charge >= 0.3 is 0 Å². The van der Waals surface area contributed by atoms with E-state index in [0.717, 1.165) is 29.8 Å². The third kappa shape index (κ3) is 5.87. The van der Waals surface area contributed by atoms with Crippen LogP contribution in [0.4, 0.5) is 0 Å². The largest absolute Gasteiger partial charge is 0.348 e. The summed E-state index contributed by atoms with van der Waals surface area (Å²) in [6, 6.07) is 20.8. The molecule has 1 aliphatic heterocycles. The van der Waals surface area contributed by atoms with Gasteiger partial charge in [-0.3, -0.25) is 9.78 Å². The molecule has 0 saturated carbocycles. The number of aromatic nitrogens is 2. The van der Waals surface area contributed by atoms with Crippen LogP contribution in [0.1, 0.15) is 36.0 Å². The maximum atomic E-state index is 12.2. The zero-order valence-corrected chi connectivity index (χ0v) is 20.1. The van der Waals surface area contributed by atoms with Crippen LogP contribution in [0.15, 0.2) is 85.3 Å². The summed E-state index contributed by atoms with van der Waals surface area (Å²) < 4.78 is 2.29. The zero-order valence-electron chi connectivity index (χ0n) is 20.1. The SMILES string of the molecule is O=C(C=Cc1ccc(-n2cc(CCN3CCCCC3)c3ccccc32)cc1)NCc1cccnc1. The lowest BCUT2D eigenvalue weighted by Gasteiger charge is -2.26. The van der Waals surface area contributed by atoms with Crippen molar-refractivity contribution in [1.82, 2.24) is 19.8 Å². The molecule has 1 saturated heterocycles. The number of carbonyl (C=O) groups is 1. The normalized spacial score (nSPS) is 14.5. The lowest BCUT2D eigenvalue weighted by molar-refractivity contribution is -0.116. The van der Waals surface area contributed by atoms with Crippen molar-refractivity contribution in [3.63, 3.8) is 0 Å². The van der Waals surface area contributed by atoms with Gasteiger partial charge in [-0.05, 0) is 79.4 Å². The first-order valence-electron chi connectivity index (χ1n) is 12.5. The summed E-state index contributed by atoms with van der Waals surface area (Å²) in [6.45, 7) is 4.06. The van der Waals surface area contributed by atoms with Crippen LogP contribution in [0.25, 0.3) is 22.7 Å². The van der Waals surface area contributed by atoms with Gasteiger partial charge in [0, 0.05) is 48.8 Å². The smallest absolute Gasteiger partial charge is 0.244 e. The van der Waals surface area contributed by atoms with Crippen molar-refractivity contribution in [1.29, 1.82) is 0 Å². The number of benzene rings is 2. The van der Waals surface area contributed by atoms with Gasteiger partial charge in [-0.15, -0.1) is 0 Å². The molecule has 0 unspecified atom stereocenters. The van der Waals surface area contributed by atoms with Gasteiger partial charge in [0.05, 0.1) is 5.52 Å². The Morgan fingerprint density at radius 3 is 2.60 bits per heavy atom. The average Bonchev–Trinajstić information content (AvgIpc) is 3.30. The topological polar surface area (TPSA) is 50.2 Å². The van der Waals surface area contributed by atoms with E-state index in [1.54, 1.807) is 18.5 Å². The Labute approximate surface area is 207 Å². The number of carbonyl (C=O) groups excluding carboxylic acids is 1. The van der Waals surface area contributed by atoms with Gasteiger partial charge in [0.25, 0.3) is 0 Å². The van der Waals surface area contributed by atoms with Crippen molar-refractivity contribution < 1.29 is 4.79 Å². The van der Waals surface area contributed by atoms with Crippen molar-refractivity contribution in [2.24, 2.45) is 0 Å². The Balaban J connectivity index is 1.26. The molecule has 4 aromatic rings. The maximum absolute atomic E-state index is 12.2. The molecule has 0 aliphatic carbocycles. The van der Waals surface area contributed by atoms with Crippen molar-refractivity contribution in [2.75, 3.05) is 19.6 Å². The number of fused-ring (bicyclic) bond motifs is 1. The second-order valence-electron chi connectivity index (χ2n) is 9.20. The van der Waals surface area contributed by atoms with Crippen LogP contribution in [0.2, 0.25) is 0 Å². The van der Waals surface area contributed by atoms with Crippen LogP contribution < -0.4 is 5.32 Å². The molecule has 0 radical (unpaired) electrons. The summed E-state index contributed by atoms with van der Waals surface area (Å²) in [7, 11) is 0. The van der Waals surface area contributed by atoms with Gasteiger partial charge in [-0.2, -0.15) is 0 Å². The Morgan fingerprint density at radius 1 is 0.971 bits per heavy atom. The first kappa shape index (κ1) is 23.1. The highest BCUT2D eigenvalue weighted by atomic mass is 16.1. The number of pyridine rings is 1. The van der Waals surface area contributed by atoms with Gasteiger partial charge in [-0.25, -0.2) is 0 Å². The van der Waals surface area contributed by atoms with Crippen molar-refractivity contribution in [3.8, 4) is 5.69 Å². The molecule has 178 valence electrons. The van der Waals surface area contributed by atoms with Crippen LogP contribution in [-0.4, -0.2) is 40.0 Å². The molecule has 2 aromatic heterocycles. The van der Waals surface area contributed by atoms with E-state index in [4.69, 9.17) is 0 Å². The van der Waals surface area contributed by atoms with Crippen molar-refractivity contribution >= 4 is 22.9 Å². The lowest BCUT2D eigenvalue weighted by Crippen LogP contribution is -2.31. The molecule has 1 amide bonds. The van der Waals surface area contributed by atoms with E-state index in [-0.39, 0.29) is 5.91 Å². The number of para-hydroxylation sites is 1. The Morgan fingerprint density at radius 2 is 1.80 bits per heavy atom. The summed E-state index contributed by atoms with van der Waals surface area (Å²) in [6.07, 6.45) is 14.3. The van der Waals surface area contributed by atoms with Gasteiger partial charge in [0.1, 0.15) is 0 Å². The minimum atomic E-state index is -0.118. The van der Waals surface area contributed by atoms with E-state index in [2.05, 4.69) is 74.5 Å². The summed E-state index contributed by atoms with van der Waals surface area (Å²) in [4.78, 5) is 18.8. The van der Waals surface area contributed by atoms with Gasteiger partial charge in [0.2, 0.25) is 5.91 Å². The molecule has 1 N–H and O–H groups in total. The molecule has 0 bridgehead atoms. The van der Waals surface area contributed by atoms with Gasteiger partial charge in [0.15, 0.2) is 0 Å². The Bertz CT molecular complexity index is 1290. The van der Waals surface area contributed by atoms with E-state index >= 15 is 0 Å². The molecular formula is C30H32N4O. The van der Waals surface area contributed by atoms with E-state index in [9.17, 15) is 4.79 Å². The molecule has 5 nitrogen and oxygen atoms in total. The first-order chi connectivity index (χ1) is 17.3. The summed E-state index contributed by atoms with van der Waals surface area (Å²) in [5, 5.41) is 4.22. The Hall–Kier alpha value is -3.70. The van der Waals surface area contributed by atoms with Crippen molar-refractivity contribution in [3.05, 3.63) is 102 Å². The minimum absolute atomic E-state index is 0.118. The molecule has 5 rings (SSSR count). The predicted octanol–water partition coefficient (Wildman–Crippen LogP) is 5.38. The molecule has 1 aliphatic rings. The molecule has 3 heterocycles. The predicted molar refractivity (Wildman–Crippen MR) is 142 cm³/mol. The fourth-order valence-electron chi connectivity index (χ4n) is 4.79. The number of amides is 1. The zero-order chi connectivity index (χ0) is 23.9. The highest BCUT2D eigenvalue weighted by Gasteiger charge is 2.13. The lowest BCUT2D eigenvalue weighted by atomic mass is 10.1. The van der Waals surface area contributed by atoms with Gasteiger partial charge in [-0.1, -0.05) is 42.8 Å². The number of nitrogens with zero attached hydrogens (tertiary/aromatic N) is 3. The van der Waals surface area contributed by atoms with Crippen LogP contribution in [-0.2, 0) is 17.8 Å². The third-order valence-electron chi connectivity index (χ3n) is 6.73. The molecule has 5 heteroatoms. The number of hydrogen-bond donors (Lipinski definition) is 1. The first-order valence-corrected chi connectivity index (χ1v) is 12.5. The van der Waals surface area contributed by atoms with E-state index in [1.807, 2.05) is 18.2 Å². The number of rotatable bonds is 8. The van der Waals surface area contributed by atoms with Crippen LogP contribution in [0, 0.1) is 0 Å². The van der Waals surface area contributed by atoms with E-state index in [1.165, 1.54) is 48.8 Å². The van der Waals surface area contributed by atoms with Crippen LogP contribution >= 0.6 is 0 Å². The minimum Gasteiger partial charge on any atom is -0.348 e. The summed E-state index contributed by atoms with van der Waals surface area (Å²) in [5.74, 6) is -0.118. The molecule has 0 atom stereocenters. The van der Waals surface area contributed by atoms with E-state index < -0.39 is 0 Å². The van der Waals surface area contributed by atoms with Crippen molar-refractivity contribution in [2.45, 2.75) is 32.2 Å². The quantitative estimate of drug-likeness (QED) is 0.356. The highest BCUT2D eigenvalue weighted by molar-refractivity contribution is 5.91. The molecule has 35 heavy (non-hydrogen) atoms. The second kappa shape index (κ2) is 11.2. The molecule has 0 spiro atoms. The standard InChI is InChI=1S/C30H32N4O/c35-30(32-22-25-7-6-17-31-21-25)15-12-24-10-13-27(14-11-24)34-23-26(28-8-2-3-9-29(28)34)16-20-33-18-4-1-5-19-33/h2-3,6-15,17,21,23H,1,4-5,16,18-20,22H2,(H,32,35). The number of likely N-dealkylation sites (tertiary alicyclic amines) is 1. The fraction of sp³-hybridized carbons (Fsp3) is 0.267.